The Morgan fingerprint density at radius 3 is 2.64 bits per heavy atom. The molecular weight excluding hydrogens is 456 g/mol. The van der Waals surface area contributed by atoms with Crippen LogP contribution in [0.15, 0.2) is 61.1 Å². The topological polar surface area (TPSA) is 95.9 Å². The Labute approximate surface area is 211 Å². The second-order valence-corrected chi connectivity index (χ2v) is 9.44. The molecule has 0 fully saturated rings. The molecule has 0 unspecified atom stereocenters. The van der Waals surface area contributed by atoms with E-state index in [0.29, 0.717) is 24.2 Å². The monoisotopic (exact) mass is 488 g/mol. The lowest BCUT2D eigenvalue weighted by Crippen LogP contribution is -2.50. The molecular formula is C28H32N4O4. The van der Waals surface area contributed by atoms with Gasteiger partial charge < -0.3 is 19.6 Å². The van der Waals surface area contributed by atoms with Gasteiger partial charge >= 0.3 is 0 Å². The molecule has 0 radical (unpaired) electrons. The van der Waals surface area contributed by atoms with E-state index >= 15 is 0 Å². The van der Waals surface area contributed by atoms with Gasteiger partial charge in [0.1, 0.15) is 11.7 Å². The number of fused-ring (bicyclic) bond motifs is 1. The van der Waals surface area contributed by atoms with E-state index in [0.717, 1.165) is 16.7 Å². The third kappa shape index (κ3) is 5.23. The van der Waals surface area contributed by atoms with Gasteiger partial charge in [-0.3, -0.25) is 14.6 Å². The van der Waals surface area contributed by atoms with Gasteiger partial charge in [-0.2, -0.15) is 0 Å². The normalized spacial score (nSPS) is 18.5. The highest BCUT2D eigenvalue weighted by Gasteiger charge is 2.35. The quantitative estimate of drug-likeness (QED) is 0.571. The number of aliphatic hydroxyl groups excluding tert-OH is 1. The average molecular weight is 489 g/mol. The van der Waals surface area contributed by atoms with Crippen LogP contribution < -0.4 is 4.74 Å². The Morgan fingerprint density at radius 2 is 1.94 bits per heavy atom. The number of aromatic nitrogens is 2. The minimum Gasteiger partial charge on any atom is -0.472 e. The molecule has 0 bridgehead atoms. The van der Waals surface area contributed by atoms with Crippen LogP contribution in [0.4, 0.5) is 0 Å². The van der Waals surface area contributed by atoms with Crippen molar-refractivity contribution in [2.24, 2.45) is 5.92 Å². The first-order valence-corrected chi connectivity index (χ1v) is 12.1. The number of hydrogen-bond donors (Lipinski definition) is 1. The second kappa shape index (κ2) is 10.9. The van der Waals surface area contributed by atoms with E-state index in [4.69, 9.17) is 4.74 Å². The summed E-state index contributed by atoms with van der Waals surface area (Å²) in [4.78, 5) is 38.4. The number of benzene rings is 1. The summed E-state index contributed by atoms with van der Waals surface area (Å²) >= 11 is 0. The number of hydrogen-bond acceptors (Lipinski definition) is 6. The number of aryl methyl sites for hydroxylation is 1. The van der Waals surface area contributed by atoms with Crippen LogP contribution in [0.2, 0.25) is 0 Å². The van der Waals surface area contributed by atoms with Crippen molar-refractivity contribution in [1.82, 2.24) is 19.8 Å². The first-order chi connectivity index (χ1) is 17.3. The van der Waals surface area contributed by atoms with E-state index in [1.807, 2.05) is 51.1 Å². The van der Waals surface area contributed by atoms with Crippen LogP contribution in [0, 0.1) is 12.8 Å². The number of aliphatic hydroxyl groups is 1. The van der Waals surface area contributed by atoms with Gasteiger partial charge in [-0.25, -0.2) is 4.98 Å². The molecule has 36 heavy (non-hydrogen) atoms. The molecule has 0 saturated carbocycles. The number of carbonyl (C=O) groups is 2. The molecule has 1 aromatic carbocycles. The summed E-state index contributed by atoms with van der Waals surface area (Å²) in [7, 11) is 1.73. The first-order valence-electron chi connectivity index (χ1n) is 12.1. The zero-order valence-corrected chi connectivity index (χ0v) is 21.1. The lowest BCUT2D eigenvalue weighted by atomic mass is 9.98. The number of amides is 2. The van der Waals surface area contributed by atoms with Gasteiger partial charge in [-0.05, 0) is 43.2 Å². The fourth-order valence-electron chi connectivity index (χ4n) is 4.43. The number of carbonyl (C=O) groups excluding carboxylic acids is 2. The van der Waals surface area contributed by atoms with E-state index in [2.05, 4.69) is 9.97 Å². The highest BCUT2D eigenvalue weighted by atomic mass is 16.5. The molecule has 0 aliphatic carbocycles. The molecule has 188 valence electrons. The third-order valence-corrected chi connectivity index (χ3v) is 6.70. The summed E-state index contributed by atoms with van der Waals surface area (Å²) in [5.41, 5.74) is 3.75. The second-order valence-electron chi connectivity index (χ2n) is 9.44. The lowest BCUT2D eigenvalue weighted by Gasteiger charge is -2.37. The number of nitrogens with zero attached hydrogens (tertiary/aromatic N) is 4. The molecule has 0 saturated heterocycles. The van der Waals surface area contributed by atoms with Crippen molar-refractivity contribution in [3.8, 4) is 17.0 Å². The predicted molar refractivity (Wildman–Crippen MR) is 137 cm³/mol. The minimum absolute atomic E-state index is 0.123. The molecule has 3 atom stereocenters. The zero-order valence-electron chi connectivity index (χ0n) is 21.1. The molecule has 3 heterocycles. The molecule has 8 heteroatoms. The Bertz CT molecular complexity index is 1230. The molecule has 2 amide bonds. The van der Waals surface area contributed by atoms with E-state index < -0.39 is 6.10 Å². The van der Waals surface area contributed by atoms with Crippen molar-refractivity contribution in [1.29, 1.82) is 0 Å². The van der Waals surface area contributed by atoms with Crippen LogP contribution in [0.25, 0.3) is 11.1 Å². The summed E-state index contributed by atoms with van der Waals surface area (Å²) in [6.45, 7) is 6.32. The van der Waals surface area contributed by atoms with Crippen molar-refractivity contribution in [2.45, 2.75) is 32.9 Å². The Hall–Kier alpha value is -3.78. The maximum absolute atomic E-state index is 13.7. The Kier molecular flexibility index (Phi) is 7.64. The molecule has 1 N–H and O–H groups in total. The molecule has 8 nitrogen and oxygen atoms in total. The smallest absolute Gasteiger partial charge is 0.259 e. The van der Waals surface area contributed by atoms with Gasteiger partial charge in [0.2, 0.25) is 5.88 Å². The summed E-state index contributed by atoms with van der Waals surface area (Å²) in [6.07, 6.45) is 4.46. The summed E-state index contributed by atoms with van der Waals surface area (Å²) in [5, 5.41) is 9.88. The van der Waals surface area contributed by atoms with Crippen LogP contribution in [0.5, 0.6) is 5.88 Å². The van der Waals surface area contributed by atoms with Crippen LogP contribution in [-0.4, -0.2) is 75.6 Å². The van der Waals surface area contributed by atoms with Crippen LogP contribution in [-0.2, 0) is 0 Å². The fraction of sp³-hybridized carbons (Fsp3) is 0.357. The standard InChI is InChI=1S/C28H32N4O4/c1-18-7-5-6-8-23(18)22-13-24-26(30-14-22)36-25(19(2)15-32(28(24)35)20(3)17-33)16-31(4)27(34)21-9-11-29-12-10-21/h5-14,19-20,25,33H,15-17H2,1-4H3/t19-,20+,25+/m1/s1. The summed E-state index contributed by atoms with van der Waals surface area (Å²) in [5.74, 6) is -0.272. The minimum atomic E-state index is -0.419. The van der Waals surface area contributed by atoms with Gasteiger partial charge in [0.05, 0.1) is 19.2 Å². The van der Waals surface area contributed by atoms with Gasteiger partial charge in [0.15, 0.2) is 0 Å². The van der Waals surface area contributed by atoms with Crippen molar-refractivity contribution >= 4 is 11.8 Å². The lowest BCUT2D eigenvalue weighted by molar-refractivity contribution is 0.0313. The van der Waals surface area contributed by atoms with Crippen LogP contribution in [0.1, 0.15) is 40.1 Å². The zero-order chi connectivity index (χ0) is 25.8. The van der Waals surface area contributed by atoms with Crippen LogP contribution >= 0.6 is 0 Å². The van der Waals surface area contributed by atoms with Crippen molar-refractivity contribution in [3.63, 3.8) is 0 Å². The number of ether oxygens (including phenoxy) is 1. The average Bonchev–Trinajstić information content (AvgIpc) is 2.90. The molecule has 4 rings (SSSR count). The predicted octanol–water partition coefficient (Wildman–Crippen LogP) is 3.44. The largest absolute Gasteiger partial charge is 0.472 e. The molecule has 3 aromatic rings. The fourth-order valence-corrected chi connectivity index (χ4v) is 4.43. The Balaban J connectivity index is 1.70. The maximum Gasteiger partial charge on any atom is 0.259 e. The van der Waals surface area contributed by atoms with Gasteiger partial charge in [-0.1, -0.05) is 31.2 Å². The van der Waals surface area contributed by atoms with E-state index in [1.54, 1.807) is 47.6 Å². The summed E-state index contributed by atoms with van der Waals surface area (Å²) < 4.78 is 6.33. The summed E-state index contributed by atoms with van der Waals surface area (Å²) in [6, 6.07) is 12.7. The number of pyridine rings is 2. The number of likely N-dealkylation sites (N-methyl/N-ethyl adjacent to an activating group) is 1. The first kappa shape index (κ1) is 25.3. The van der Waals surface area contributed by atoms with Crippen molar-refractivity contribution in [2.75, 3.05) is 26.7 Å². The van der Waals surface area contributed by atoms with Gasteiger partial charge in [0.25, 0.3) is 11.8 Å². The number of rotatable bonds is 6. The highest BCUT2D eigenvalue weighted by Crippen LogP contribution is 2.31. The third-order valence-electron chi connectivity index (χ3n) is 6.70. The molecule has 1 aliphatic heterocycles. The SMILES string of the molecule is Cc1ccccc1-c1cnc2c(c1)C(=O)N([C@@H](C)CO)C[C@@H](C)[C@H](CN(C)C(=O)c1ccncc1)O2. The van der Waals surface area contributed by atoms with E-state index in [9.17, 15) is 14.7 Å². The maximum atomic E-state index is 13.7. The Morgan fingerprint density at radius 1 is 1.22 bits per heavy atom. The molecule has 0 spiro atoms. The molecule has 2 aromatic heterocycles. The van der Waals surface area contributed by atoms with E-state index in [1.165, 1.54) is 0 Å². The van der Waals surface area contributed by atoms with E-state index in [-0.39, 0.29) is 36.3 Å². The van der Waals surface area contributed by atoms with Gasteiger partial charge in [0, 0.05) is 49.2 Å². The van der Waals surface area contributed by atoms with Gasteiger partial charge in [-0.15, -0.1) is 0 Å². The molecule has 1 aliphatic rings. The van der Waals surface area contributed by atoms with Crippen LogP contribution in [0.3, 0.4) is 0 Å². The van der Waals surface area contributed by atoms with Crippen molar-refractivity contribution < 1.29 is 19.4 Å². The highest BCUT2D eigenvalue weighted by molar-refractivity contribution is 5.98. The van der Waals surface area contributed by atoms with Crippen molar-refractivity contribution in [3.05, 3.63) is 77.7 Å².